The van der Waals surface area contributed by atoms with Crippen LogP contribution in [0.4, 0.5) is 10.5 Å². The molecule has 3 heterocycles. The number of anilines is 1. The topological polar surface area (TPSA) is 98.3 Å². The summed E-state index contributed by atoms with van der Waals surface area (Å²) < 4.78 is 5.96. The van der Waals surface area contributed by atoms with Crippen molar-refractivity contribution in [2.75, 3.05) is 59.2 Å². The van der Waals surface area contributed by atoms with Gasteiger partial charge in [-0.05, 0) is 88.9 Å². The maximum absolute atomic E-state index is 13.7. The number of pyridine rings is 1. The standard InChI is InChI=1S/C33H48N6O4/c1-24-20-27(35-22-25(24)2)21-31(32(41)37-16-11-28(12-17-37)36(4)5)43-33(42)38-18-13-29(14-19-38)39(23-40)15-10-26-8-6-7-9-30(26)34-3/h6-9,20,22-23,28-29,31,34H,10-19,21H2,1-5H3/t31-/m1/s1. The number of nitrogens with zero attached hydrogens (tertiary/aromatic N) is 5. The van der Waals surface area contributed by atoms with Gasteiger partial charge in [0.2, 0.25) is 6.41 Å². The third-order valence-electron chi connectivity index (χ3n) is 9.10. The largest absolute Gasteiger partial charge is 0.436 e. The zero-order chi connectivity index (χ0) is 30.9. The van der Waals surface area contributed by atoms with Crippen LogP contribution in [0.3, 0.4) is 0 Å². The van der Waals surface area contributed by atoms with Gasteiger partial charge < -0.3 is 29.7 Å². The van der Waals surface area contributed by atoms with Gasteiger partial charge in [-0.25, -0.2) is 4.79 Å². The first kappa shape index (κ1) is 32.3. The summed E-state index contributed by atoms with van der Waals surface area (Å²) in [6, 6.07) is 10.6. The number of nitrogens with one attached hydrogen (secondary N) is 1. The van der Waals surface area contributed by atoms with Crippen LogP contribution in [0.5, 0.6) is 0 Å². The lowest BCUT2D eigenvalue weighted by Crippen LogP contribution is -2.51. The van der Waals surface area contributed by atoms with Gasteiger partial charge in [0.25, 0.3) is 5.91 Å². The van der Waals surface area contributed by atoms with Gasteiger partial charge in [-0.2, -0.15) is 0 Å². The summed E-state index contributed by atoms with van der Waals surface area (Å²) in [7, 11) is 6.03. The average molecular weight is 593 g/mol. The first-order valence-electron chi connectivity index (χ1n) is 15.5. The number of rotatable bonds is 11. The van der Waals surface area contributed by atoms with E-state index in [-0.39, 0.29) is 18.4 Å². The number of hydrogen-bond donors (Lipinski definition) is 1. The van der Waals surface area contributed by atoms with E-state index >= 15 is 0 Å². The van der Waals surface area contributed by atoms with Gasteiger partial charge in [0.15, 0.2) is 6.10 Å². The fourth-order valence-corrected chi connectivity index (χ4v) is 6.10. The Balaban J connectivity index is 1.36. The van der Waals surface area contributed by atoms with E-state index in [4.69, 9.17) is 4.74 Å². The number of likely N-dealkylation sites (tertiary alicyclic amines) is 2. The fourth-order valence-electron chi connectivity index (χ4n) is 6.10. The van der Waals surface area contributed by atoms with Crippen LogP contribution < -0.4 is 5.32 Å². The minimum absolute atomic E-state index is 0.0541. The summed E-state index contributed by atoms with van der Waals surface area (Å²) in [4.78, 5) is 51.2. The normalized spacial score (nSPS) is 17.1. The maximum Gasteiger partial charge on any atom is 0.410 e. The summed E-state index contributed by atoms with van der Waals surface area (Å²) in [6.07, 6.45) is 5.41. The van der Waals surface area contributed by atoms with Crippen LogP contribution in [0.2, 0.25) is 0 Å². The molecule has 2 saturated heterocycles. The number of ether oxygens (including phenoxy) is 1. The number of aromatic nitrogens is 1. The first-order chi connectivity index (χ1) is 20.7. The van der Waals surface area contributed by atoms with Gasteiger partial charge in [-0.3, -0.25) is 14.6 Å². The molecule has 2 aliphatic rings. The number of carbonyl (C=O) groups is 3. The second kappa shape index (κ2) is 15.2. The summed E-state index contributed by atoms with van der Waals surface area (Å²) >= 11 is 0. The first-order valence-corrected chi connectivity index (χ1v) is 15.5. The van der Waals surface area contributed by atoms with Gasteiger partial charge in [0, 0.05) is 75.9 Å². The number of para-hydroxylation sites is 1. The summed E-state index contributed by atoms with van der Waals surface area (Å²) in [5, 5.41) is 3.21. The predicted octanol–water partition coefficient (Wildman–Crippen LogP) is 3.51. The summed E-state index contributed by atoms with van der Waals surface area (Å²) in [5.41, 5.74) is 5.13. The highest BCUT2D eigenvalue weighted by molar-refractivity contribution is 5.84. The van der Waals surface area contributed by atoms with E-state index in [1.165, 1.54) is 0 Å². The van der Waals surface area contributed by atoms with E-state index < -0.39 is 12.2 Å². The molecular formula is C33H48N6O4. The van der Waals surface area contributed by atoms with Crippen molar-refractivity contribution >= 4 is 24.1 Å². The monoisotopic (exact) mass is 592 g/mol. The minimum atomic E-state index is -0.936. The lowest BCUT2D eigenvalue weighted by Gasteiger charge is -2.38. The second-order valence-electron chi connectivity index (χ2n) is 12.1. The Bertz CT molecular complexity index is 1240. The Morgan fingerprint density at radius 1 is 1.02 bits per heavy atom. The van der Waals surface area contributed by atoms with E-state index in [0.29, 0.717) is 51.6 Å². The van der Waals surface area contributed by atoms with Crippen molar-refractivity contribution in [3.63, 3.8) is 0 Å². The molecule has 43 heavy (non-hydrogen) atoms. The molecule has 1 aromatic carbocycles. The van der Waals surface area contributed by atoms with Crippen molar-refractivity contribution in [1.82, 2.24) is 24.6 Å². The third kappa shape index (κ3) is 8.46. The van der Waals surface area contributed by atoms with Crippen LogP contribution in [-0.4, -0.2) is 115 Å². The number of benzene rings is 1. The molecule has 0 radical (unpaired) electrons. The van der Waals surface area contributed by atoms with Crippen LogP contribution in [0.15, 0.2) is 36.5 Å². The van der Waals surface area contributed by atoms with E-state index in [9.17, 15) is 14.4 Å². The van der Waals surface area contributed by atoms with Crippen LogP contribution in [0.1, 0.15) is 48.1 Å². The number of carbonyl (C=O) groups excluding carboxylic acids is 3. The van der Waals surface area contributed by atoms with Crippen LogP contribution in [-0.2, 0) is 27.2 Å². The molecule has 0 bridgehead atoms. The quantitative estimate of drug-likeness (QED) is 0.399. The summed E-state index contributed by atoms with van der Waals surface area (Å²) in [6.45, 7) is 6.85. The van der Waals surface area contributed by atoms with Crippen LogP contribution in [0, 0.1) is 13.8 Å². The highest BCUT2D eigenvalue weighted by Crippen LogP contribution is 2.22. The van der Waals surface area contributed by atoms with Crippen LogP contribution in [0.25, 0.3) is 0 Å². The van der Waals surface area contributed by atoms with Crippen molar-refractivity contribution in [2.45, 2.75) is 70.6 Å². The smallest absolute Gasteiger partial charge is 0.410 e. The molecule has 2 fully saturated rings. The van der Waals surface area contributed by atoms with E-state index in [2.05, 4.69) is 35.4 Å². The predicted molar refractivity (Wildman–Crippen MR) is 168 cm³/mol. The highest BCUT2D eigenvalue weighted by atomic mass is 16.6. The molecule has 3 amide bonds. The molecule has 0 spiro atoms. The van der Waals surface area contributed by atoms with Gasteiger partial charge in [0.05, 0.1) is 0 Å². The zero-order valence-corrected chi connectivity index (χ0v) is 26.4. The van der Waals surface area contributed by atoms with Crippen molar-refractivity contribution < 1.29 is 19.1 Å². The Kier molecular flexibility index (Phi) is 11.4. The molecule has 4 rings (SSSR count). The summed E-state index contributed by atoms with van der Waals surface area (Å²) in [5.74, 6) is -0.158. The third-order valence-corrected chi connectivity index (χ3v) is 9.10. The van der Waals surface area contributed by atoms with Crippen molar-refractivity contribution in [1.29, 1.82) is 0 Å². The molecule has 234 valence electrons. The molecule has 0 saturated carbocycles. The minimum Gasteiger partial charge on any atom is -0.436 e. The lowest BCUT2D eigenvalue weighted by molar-refractivity contribution is -0.142. The zero-order valence-electron chi connectivity index (χ0n) is 26.4. The number of aryl methyl sites for hydroxylation is 2. The number of piperidine rings is 2. The van der Waals surface area contributed by atoms with Gasteiger partial charge in [-0.1, -0.05) is 18.2 Å². The highest BCUT2D eigenvalue weighted by Gasteiger charge is 2.34. The van der Waals surface area contributed by atoms with Crippen molar-refractivity contribution in [2.24, 2.45) is 0 Å². The molecule has 0 unspecified atom stereocenters. The molecule has 2 aliphatic heterocycles. The Morgan fingerprint density at radius 3 is 2.30 bits per heavy atom. The van der Waals surface area contributed by atoms with Gasteiger partial charge >= 0.3 is 6.09 Å². The van der Waals surface area contributed by atoms with Crippen molar-refractivity contribution in [3.8, 4) is 0 Å². The molecule has 1 atom stereocenters. The molecule has 1 N–H and O–H groups in total. The lowest BCUT2D eigenvalue weighted by atomic mass is 10.0. The number of hydrogen-bond acceptors (Lipinski definition) is 7. The van der Waals surface area contributed by atoms with E-state index in [1.807, 2.05) is 55.0 Å². The molecule has 2 aromatic rings. The van der Waals surface area contributed by atoms with Gasteiger partial charge in [-0.15, -0.1) is 0 Å². The Morgan fingerprint density at radius 2 is 1.67 bits per heavy atom. The Labute approximate surface area is 256 Å². The fraction of sp³-hybridized carbons (Fsp3) is 0.576. The maximum atomic E-state index is 13.7. The molecule has 10 nitrogen and oxygen atoms in total. The molecule has 0 aliphatic carbocycles. The van der Waals surface area contributed by atoms with Crippen LogP contribution >= 0.6 is 0 Å². The molecule has 1 aromatic heterocycles. The van der Waals surface area contributed by atoms with E-state index in [0.717, 1.165) is 53.7 Å². The molecule has 10 heteroatoms. The Hall–Kier alpha value is -3.66. The van der Waals surface area contributed by atoms with E-state index in [1.54, 1.807) is 11.1 Å². The second-order valence-corrected chi connectivity index (χ2v) is 12.1. The van der Waals surface area contributed by atoms with Gasteiger partial charge in [0.1, 0.15) is 0 Å². The number of amides is 3. The SMILES string of the molecule is CNc1ccccc1CCN(C=O)C1CCN(C(=O)O[C@H](Cc2cc(C)c(C)cn2)C(=O)N2CCC(N(C)C)CC2)CC1. The van der Waals surface area contributed by atoms with Crippen molar-refractivity contribution in [3.05, 3.63) is 58.9 Å². The molecular weight excluding hydrogens is 544 g/mol. The average Bonchev–Trinajstić information content (AvgIpc) is 3.02.